The van der Waals surface area contributed by atoms with Crippen LogP contribution in [0.4, 0.5) is 5.69 Å². The number of hydrazone groups is 1. The number of rotatable bonds is 5. The van der Waals surface area contributed by atoms with E-state index in [2.05, 4.69) is 25.9 Å². The fraction of sp³-hybridized carbons (Fsp3) is 0.111. The molecule has 2 aromatic carbocycles. The van der Waals surface area contributed by atoms with Gasteiger partial charge in [-0.3, -0.25) is 5.43 Å². The van der Waals surface area contributed by atoms with E-state index in [0.29, 0.717) is 33.5 Å². The fourth-order valence-electron chi connectivity index (χ4n) is 2.31. The standard InChI is InChI=1S/C18H17ClN6O/c1-12-18(23-25(22-12)16-9-4-3-5-10-16)17(13(2)24-26)21-20-15-8-6-7-14(19)11-15/h3-11,20,26H,1-2H3/b21-17+,24-13+. The molecule has 132 valence electrons. The average molecular weight is 369 g/mol. The van der Waals surface area contributed by atoms with E-state index in [0.717, 1.165) is 5.69 Å². The lowest BCUT2D eigenvalue weighted by Crippen LogP contribution is -2.16. The molecule has 0 radical (unpaired) electrons. The van der Waals surface area contributed by atoms with Gasteiger partial charge in [0.25, 0.3) is 0 Å². The van der Waals surface area contributed by atoms with E-state index >= 15 is 0 Å². The van der Waals surface area contributed by atoms with E-state index in [4.69, 9.17) is 11.6 Å². The number of hydrogen-bond acceptors (Lipinski definition) is 6. The van der Waals surface area contributed by atoms with Crippen LogP contribution in [-0.4, -0.2) is 31.6 Å². The van der Waals surface area contributed by atoms with Crippen molar-refractivity contribution in [2.75, 3.05) is 5.43 Å². The van der Waals surface area contributed by atoms with Crippen LogP contribution in [0.5, 0.6) is 0 Å². The molecular formula is C18H17ClN6O. The molecule has 8 heteroatoms. The molecule has 0 aliphatic rings. The third kappa shape index (κ3) is 3.89. The maximum Gasteiger partial charge on any atom is 0.138 e. The van der Waals surface area contributed by atoms with Gasteiger partial charge < -0.3 is 5.21 Å². The lowest BCUT2D eigenvalue weighted by molar-refractivity contribution is 0.320. The van der Waals surface area contributed by atoms with Gasteiger partial charge >= 0.3 is 0 Å². The van der Waals surface area contributed by atoms with Crippen LogP contribution in [0.2, 0.25) is 5.02 Å². The highest BCUT2D eigenvalue weighted by Gasteiger charge is 2.18. The summed E-state index contributed by atoms with van der Waals surface area (Å²) in [5.74, 6) is 0. The number of benzene rings is 2. The molecule has 0 spiro atoms. The minimum Gasteiger partial charge on any atom is -0.411 e. The molecule has 26 heavy (non-hydrogen) atoms. The van der Waals surface area contributed by atoms with E-state index < -0.39 is 0 Å². The zero-order valence-corrected chi connectivity index (χ0v) is 15.0. The summed E-state index contributed by atoms with van der Waals surface area (Å²) in [6.45, 7) is 3.46. The van der Waals surface area contributed by atoms with E-state index in [-0.39, 0.29) is 0 Å². The molecule has 0 aliphatic carbocycles. The molecule has 7 nitrogen and oxygen atoms in total. The molecule has 0 saturated heterocycles. The van der Waals surface area contributed by atoms with Crippen molar-refractivity contribution in [1.29, 1.82) is 0 Å². The number of anilines is 1. The summed E-state index contributed by atoms with van der Waals surface area (Å²) in [6, 6.07) is 16.7. The van der Waals surface area contributed by atoms with Crippen molar-refractivity contribution in [2.45, 2.75) is 13.8 Å². The summed E-state index contributed by atoms with van der Waals surface area (Å²) in [5.41, 5.74) is 6.29. The number of hydrogen-bond donors (Lipinski definition) is 2. The summed E-state index contributed by atoms with van der Waals surface area (Å²) in [5, 5.41) is 26.3. The molecule has 1 heterocycles. The fourth-order valence-corrected chi connectivity index (χ4v) is 2.50. The average Bonchev–Trinajstić information content (AvgIpc) is 3.04. The Hall–Kier alpha value is -3.19. The molecule has 0 atom stereocenters. The molecule has 3 aromatic rings. The quantitative estimate of drug-likeness (QED) is 0.406. The highest BCUT2D eigenvalue weighted by Crippen LogP contribution is 2.16. The normalized spacial score (nSPS) is 12.3. The zero-order chi connectivity index (χ0) is 18.5. The van der Waals surface area contributed by atoms with Crippen molar-refractivity contribution in [3.8, 4) is 5.69 Å². The Morgan fingerprint density at radius 2 is 1.88 bits per heavy atom. The number of halogens is 1. The van der Waals surface area contributed by atoms with Crippen molar-refractivity contribution in [2.24, 2.45) is 10.3 Å². The Balaban J connectivity index is 1.98. The molecule has 3 rings (SSSR count). The van der Waals surface area contributed by atoms with Gasteiger partial charge in [0, 0.05) is 5.02 Å². The van der Waals surface area contributed by atoms with E-state index in [1.807, 2.05) is 49.4 Å². The van der Waals surface area contributed by atoms with Gasteiger partial charge in [-0.1, -0.05) is 41.0 Å². The van der Waals surface area contributed by atoms with Crippen molar-refractivity contribution in [3.05, 3.63) is 71.0 Å². The second kappa shape index (κ2) is 7.79. The minimum atomic E-state index is 0.308. The van der Waals surface area contributed by atoms with Crippen LogP contribution >= 0.6 is 11.6 Å². The number of para-hydroxylation sites is 1. The van der Waals surface area contributed by atoms with Gasteiger partial charge in [-0.2, -0.15) is 15.0 Å². The molecule has 0 aliphatic heterocycles. The van der Waals surface area contributed by atoms with Crippen molar-refractivity contribution in [3.63, 3.8) is 0 Å². The van der Waals surface area contributed by atoms with Crippen LogP contribution in [0.15, 0.2) is 64.9 Å². The Morgan fingerprint density at radius 1 is 1.12 bits per heavy atom. The van der Waals surface area contributed by atoms with Crippen LogP contribution in [-0.2, 0) is 0 Å². The van der Waals surface area contributed by atoms with Crippen LogP contribution in [0.25, 0.3) is 5.69 Å². The van der Waals surface area contributed by atoms with Gasteiger partial charge in [0.2, 0.25) is 0 Å². The van der Waals surface area contributed by atoms with Gasteiger partial charge in [0.05, 0.1) is 17.1 Å². The van der Waals surface area contributed by atoms with Gasteiger partial charge in [0.15, 0.2) is 0 Å². The smallest absolute Gasteiger partial charge is 0.138 e. The monoisotopic (exact) mass is 368 g/mol. The Kier molecular flexibility index (Phi) is 5.28. The summed E-state index contributed by atoms with van der Waals surface area (Å²) >= 11 is 5.99. The van der Waals surface area contributed by atoms with Crippen molar-refractivity contribution >= 4 is 28.7 Å². The second-order valence-corrected chi connectivity index (χ2v) is 5.96. The van der Waals surface area contributed by atoms with Crippen LogP contribution < -0.4 is 5.43 Å². The highest BCUT2D eigenvalue weighted by molar-refractivity contribution is 6.47. The SMILES string of the molecule is CC(=N\O)/C(=N\Nc1cccc(Cl)c1)c1nn(-c2ccccc2)nc1C. The lowest BCUT2D eigenvalue weighted by Gasteiger charge is -2.05. The van der Waals surface area contributed by atoms with Crippen molar-refractivity contribution < 1.29 is 5.21 Å². The van der Waals surface area contributed by atoms with Crippen LogP contribution in [0, 0.1) is 6.92 Å². The third-order valence-corrected chi connectivity index (χ3v) is 3.84. The van der Waals surface area contributed by atoms with Crippen LogP contribution in [0.1, 0.15) is 18.3 Å². The number of nitrogens with zero attached hydrogens (tertiary/aromatic N) is 5. The van der Waals surface area contributed by atoms with Gasteiger partial charge in [-0.15, -0.1) is 5.10 Å². The van der Waals surface area contributed by atoms with Gasteiger partial charge in [0.1, 0.15) is 17.1 Å². The molecule has 0 amide bonds. The number of aryl methyl sites for hydroxylation is 1. The van der Waals surface area contributed by atoms with Gasteiger partial charge in [-0.25, -0.2) is 0 Å². The van der Waals surface area contributed by atoms with Crippen molar-refractivity contribution in [1.82, 2.24) is 15.0 Å². The predicted molar refractivity (Wildman–Crippen MR) is 103 cm³/mol. The van der Waals surface area contributed by atoms with Crippen LogP contribution in [0.3, 0.4) is 0 Å². The number of nitrogens with one attached hydrogen (secondary N) is 1. The summed E-state index contributed by atoms with van der Waals surface area (Å²) in [6.07, 6.45) is 0. The van der Waals surface area contributed by atoms with E-state index in [1.54, 1.807) is 19.1 Å². The summed E-state index contributed by atoms with van der Waals surface area (Å²) in [4.78, 5) is 1.52. The second-order valence-electron chi connectivity index (χ2n) is 5.53. The molecule has 2 N–H and O–H groups in total. The first-order chi connectivity index (χ1) is 12.6. The predicted octanol–water partition coefficient (Wildman–Crippen LogP) is 3.90. The summed E-state index contributed by atoms with van der Waals surface area (Å²) in [7, 11) is 0. The Bertz CT molecular complexity index is 965. The molecule has 0 bridgehead atoms. The maximum absolute atomic E-state index is 9.23. The number of oxime groups is 1. The largest absolute Gasteiger partial charge is 0.411 e. The van der Waals surface area contributed by atoms with Gasteiger partial charge in [-0.05, 0) is 44.2 Å². The van der Waals surface area contributed by atoms with E-state index in [1.165, 1.54) is 4.80 Å². The van der Waals surface area contributed by atoms with E-state index in [9.17, 15) is 5.21 Å². The molecule has 0 unspecified atom stereocenters. The summed E-state index contributed by atoms with van der Waals surface area (Å²) < 4.78 is 0. The zero-order valence-electron chi connectivity index (χ0n) is 14.3. The minimum absolute atomic E-state index is 0.308. The molecular weight excluding hydrogens is 352 g/mol. The highest BCUT2D eigenvalue weighted by atomic mass is 35.5. The Morgan fingerprint density at radius 3 is 2.58 bits per heavy atom. The molecule has 0 fully saturated rings. The molecule has 1 aromatic heterocycles. The first-order valence-electron chi connectivity index (χ1n) is 7.86. The number of aromatic nitrogens is 3. The Labute approximate surface area is 155 Å². The lowest BCUT2D eigenvalue weighted by atomic mass is 10.1. The molecule has 0 saturated carbocycles. The topological polar surface area (TPSA) is 87.7 Å². The maximum atomic E-state index is 9.23. The third-order valence-electron chi connectivity index (χ3n) is 3.61. The first-order valence-corrected chi connectivity index (χ1v) is 8.24. The first kappa shape index (κ1) is 17.6.